The molecule has 2 N–H and O–H groups in total. The van der Waals surface area contributed by atoms with Crippen LogP contribution in [-0.2, 0) is 4.74 Å². The molecule has 0 aliphatic heterocycles. The summed E-state index contributed by atoms with van der Waals surface area (Å²) < 4.78 is 24.8. The third-order valence-corrected chi connectivity index (χ3v) is 6.33. The number of furan rings is 1. The Bertz CT molecular complexity index is 1550. The Morgan fingerprint density at radius 1 is 0.973 bits per heavy atom. The van der Waals surface area contributed by atoms with Crippen LogP contribution in [0.5, 0.6) is 0 Å². The molecule has 0 radical (unpaired) electrons. The van der Waals surface area contributed by atoms with Crippen molar-refractivity contribution >= 4 is 22.8 Å². The fourth-order valence-corrected chi connectivity index (χ4v) is 4.34. The normalized spacial score (nSPS) is 14.9. The SMILES string of the molecule is CNC(=O)c1c(-c2ccc(F)cc2)oc2ccc(-c3cccc(C(=O)NC4=CCC(OC)C=C4)c3)cc12. The van der Waals surface area contributed by atoms with Gasteiger partial charge in [-0.15, -0.1) is 0 Å². The summed E-state index contributed by atoms with van der Waals surface area (Å²) in [6.07, 6.45) is 6.40. The highest BCUT2D eigenvalue weighted by Gasteiger charge is 2.22. The summed E-state index contributed by atoms with van der Waals surface area (Å²) in [5, 5.41) is 6.22. The molecule has 3 aromatic carbocycles. The summed E-state index contributed by atoms with van der Waals surface area (Å²) >= 11 is 0. The summed E-state index contributed by atoms with van der Waals surface area (Å²) in [7, 11) is 3.20. The Hall–Kier alpha value is -4.49. The smallest absolute Gasteiger partial charge is 0.255 e. The van der Waals surface area contributed by atoms with Crippen molar-refractivity contribution < 1.29 is 23.1 Å². The summed E-state index contributed by atoms with van der Waals surface area (Å²) in [6.45, 7) is 0. The van der Waals surface area contributed by atoms with Crippen LogP contribution in [0.25, 0.3) is 33.4 Å². The molecule has 1 atom stereocenters. The van der Waals surface area contributed by atoms with Crippen LogP contribution in [0.2, 0.25) is 0 Å². The lowest BCUT2D eigenvalue weighted by atomic mass is 9.99. The molecule has 1 aliphatic rings. The van der Waals surface area contributed by atoms with Crippen molar-refractivity contribution in [1.29, 1.82) is 0 Å². The predicted octanol–water partition coefficient (Wildman–Crippen LogP) is 5.85. The van der Waals surface area contributed by atoms with E-state index in [0.717, 1.165) is 16.8 Å². The standard InChI is InChI=1S/C30H25FN2O4/c1-32-30(35)27-25-17-20(8-15-26(25)37-28(27)18-6-9-22(31)10-7-18)19-4-3-5-21(16-19)29(34)33-23-11-13-24(36-2)14-12-23/h3-13,15-17,24H,14H2,1-2H3,(H,32,35)(H,33,34). The van der Waals surface area contributed by atoms with Crippen LogP contribution in [0.3, 0.4) is 0 Å². The Labute approximate surface area is 213 Å². The Balaban J connectivity index is 1.49. The van der Waals surface area contributed by atoms with Gasteiger partial charge < -0.3 is 19.8 Å². The van der Waals surface area contributed by atoms with Crippen LogP contribution in [-0.4, -0.2) is 32.1 Å². The molecule has 6 nitrogen and oxygen atoms in total. The van der Waals surface area contributed by atoms with Crippen molar-refractivity contribution in [2.75, 3.05) is 14.2 Å². The van der Waals surface area contributed by atoms with Crippen LogP contribution in [0.1, 0.15) is 27.1 Å². The highest BCUT2D eigenvalue weighted by atomic mass is 19.1. The van der Waals surface area contributed by atoms with E-state index in [-0.39, 0.29) is 23.7 Å². The first-order chi connectivity index (χ1) is 18.0. The van der Waals surface area contributed by atoms with Gasteiger partial charge in [0.1, 0.15) is 17.2 Å². The molecule has 0 saturated heterocycles. The number of fused-ring (bicyclic) bond motifs is 1. The van der Waals surface area contributed by atoms with Crippen LogP contribution in [0.15, 0.2) is 95.1 Å². The Morgan fingerprint density at radius 3 is 2.43 bits per heavy atom. The van der Waals surface area contributed by atoms with E-state index in [1.54, 1.807) is 38.4 Å². The molecular formula is C30H25FN2O4. The molecule has 5 rings (SSSR count). The van der Waals surface area contributed by atoms with E-state index in [9.17, 15) is 14.0 Å². The fraction of sp³-hybridized carbons (Fsp3) is 0.133. The first-order valence-corrected chi connectivity index (χ1v) is 11.8. The molecule has 186 valence electrons. The number of ether oxygens (including phenoxy) is 1. The highest BCUT2D eigenvalue weighted by Crippen LogP contribution is 2.36. The van der Waals surface area contributed by atoms with E-state index >= 15 is 0 Å². The number of amides is 2. The number of allylic oxidation sites excluding steroid dienone is 1. The third-order valence-electron chi connectivity index (χ3n) is 6.33. The molecular weight excluding hydrogens is 471 g/mol. The number of carbonyl (C=O) groups is 2. The molecule has 37 heavy (non-hydrogen) atoms. The van der Waals surface area contributed by atoms with Crippen molar-refractivity contribution in [1.82, 2.24) is 10.6 Å². The van der Waals surface area contributed by atoms with Gasteiger partial charge in [-0.05, 0) is 72.2 Å². The average Bonchev–Trinajstić information content (AvgIpc) is 3.32. The summed E-state index contributed by atoms with van der Waals surface area (Å²) in [5.41, 5.74) is 4.36. The lowest BCUT2D eigenvalue weighted by molar-refractivity contribution is 0.0957. The molecule has 0 bridgehead atoms. The predicted molar refractivity (Wildman–Crippen MR) is 141 cm³/mol. The number of nitrogens with one attached hydrogen (secondary N) is 2. The molecule has 0 spiro atoms. The van der Waals surface area contributed by atoms with Gasteiger partial charge in [0.05, 0.1) is 11.7 Å². The highest BCUT2D eigenvalue weighted by molar-refractivity contribution is 6.11. The quantitative estimate of drug-likeness (QED) is 0.351. The number of rotatable bonds is 6. The van der Waals surface area contributed by atoms with Gasteiger partial charge in [0.15, 0.2) is 0 Å². The van der Waals surface area contributed by atoms with E-state index in [1.807, 2.05) is 48.6 Å². The zero-order chi connectivity index (χ0) is 25.9. The van der Waals surface area contributed by atoms with E-state index in [0.29, 0.717) is 39.8 Å². The summed E-state index contributed by atoms with van der Waals surface area (Å²) in [5.74, 6) is -0.540. The first kappa shape index (κ1) is 24.2. The second kappa shape index (κ2) is 10.2. The lowest BCUT2D eigenvalue weighted by Gasteiger charge is -2.15. The largest absolute Gasteiger partial charge is 0.455 e. The van der Waals surface area contributed by atoms with Gasteiger partial charge in [-0.2, -0.15) is 0 Å². The van der Waals surface area contributed by atoms with Crippen LogP contribution in [0, 0.1) is 5.82 Å². The van der Waals surface area contributed by atoms with Crippen LogP contribution in [0.4, 0.5) is 4.39 Å². The number of benzene rings is 3. The van der Waals surface area contributed by atoms with Crippen molar-refractivity contribution in [2.24, 2.45) is 0 Å². The maximum atomic E-state index is 13.5. The van der Waals surface area contributed by atoms with Crippen molar-refractivity contribution in [3.8, 4) is 22.5 Å². The minimum absolute atomic E-state index is 0.0186. The lowest BCUT2D eigenvalue weighted by Crippen LogP contribution is -2.24. The van der Waals surface area contributed by atoms with Gasteiger partial charge >= 0.3 is 0 Å². The summed E-state index contributed by atoms with van der Waals surface area (Å²) in [6, 6.07) is 18.6. The molecule has 1 unspecified atom stereocenters. The van der Waals surface area contributed by atoms with Gasteiger partial charge in [-0.3, -0.25) is 9.59 Å². The molecule has 0 saturated carbocycles. The average molecular weight is 497 g/mol. The zero-order valence-electron chi connectivity index (χ0n) is 20.4. The van der Waals surface area contributed by atoms with E-state index in [1.165, 1.54) is 12.1 Å². The number of hydrogen-bond acceptors (Lipinski definition) is 4. The molecule has 1 heterocycles. The molecule has 0 fully saturated rings. The topological polar surface area (TPSA) is 80.6 Å². The van der Waals surface area contributed by atoms with Crippen molar-refractivity contribution in [2.45, 2.75) is 12.5 Å². The van der Waals surface area contributed by atoms with Gasteiger partial charge in [0, 0.05) is 36.4 Å². The van der Waals surface area contributed by atoms with Crippen molar-refractivity contribution in [3.05, 3.63) is 108 Å². The number of hydrogen-bond donors (Lipinski definition) is 2. The van der Waals surface area contributed by atoms with Gasteiger partial charge in [0.25, 0.3) is 11.8 Å². The maximum Gasteiger partial charge on any atom is 0.255 e. The molecule has 4 aromatic rings. The fourth-order valence-electron chi connectivity index (χ4n) is 4.34. The molecule has 1 aromatic heterocycles. The molecule has 2 amide bonds. The summed E-state index contributed by atoms with van der Waals surface area (Å²) in [4.78, 5) is 25.8. The Kier molecular flexibility index (Phi) is 6.70. The maximum absolute atomic E-state index is 13.5. The minimum Gasteiger partial charge on any atom is -0.455 e. The van der Waals surface area contributed by atoms with Crippen LogP contribution < -0.4 is 10.6 Å². The minimum atomic E-state index is -0.373. The second-order valence-corrected chi connectivity index (χ2v) is 8.67. The second-order valence-electron chi connectivity index (χ2n) is 8.67. The molecule has 7 heteroatoms. The van der Waals surface area contributed by atoms with E-state index in [2.05, 4.69) is 10.6 Å². The molecule has 1 aliphatic carbocycles. The van der Waals surface area contributed by atoms with E-state index < -0.39 is 0 Å². The van der Waals surface area contributed by atoms with E-state index in [4.69, 9.17) is 9.15 Å². The number of halogens is 1. The van der Waals surface area contributed by atoms with Crippen molar-refractivity contribution in [3.63, 3.8) is 0 Å². The van der Waals surface area contributed by atoms with Gasteiger partial charge in [-0.25, -0.2) is 4.39 Å². The zero-order valence-corrected chi connectivity index (χ0v) is 20.4. The number of carbonyl (C=O) groups excluding carboxylic acids is 2. The van der Waals surface area contributed by atoms with Gasteiger partial charge in [-0.1, -0.05) is 30.4 Å². The third kappa shape index (κ3) is 4.94. The number of methoxy groups -OCH3 is 1. The monoisotopic (exact) mass is 496 g/mol. The Morgan fingerprint density at radius 2 is 1.73 bits per heavy atom. The first-order valence-electron chi connectivity index (χ1n) is 11.8. The van der Waals surface area contributed by atoms with Gasteiger partial charge in [0.2, 0.25) is 0 Å². The van der Waals surface area contributed by atoms with Crippen LogP contribution >= 0.6 is 0 Å².